The first-order valence-corrected chi connectivity index (χ1v) is 10.4. The third-order valence-corrected chi connectivity index (χ3v) is 4.84. The Morgan fingerprint density at radius 3 is 2.55 bits per heavy atom. The molecule has 0 aliphatic heterocycles. The number of nitrogens with one attached hydrogen (secondary N) is 1. The van der Waals surface area contributed by atoms with E-state index in [9.17, 15) is 19.7 Å². The van der Waals surface area contributed by atoms with Gasteiger partial charge >= 0.3 is 5.97 Å². The zero-order chi connectivity index (χ0) is 23.8. The molecule has 0 saturated heterocycles. The lowest BCUT2D eigenvalue weighted by molar-refractivity contribution is -0.384. The predicted molar refractivity (Wildman–Crippen MR) is 125 cm³/mol. The Morgan fingerprint density at radius 2 is 1.85 bits per heavy atom. The van der Waals surface area contributed by atoms with Crippen molar-refractivity contribution in [2.75, 3.05) is 6.61 Å². The molecule has 0 spiro atoms. The van der Waals surface area contributed by atoms with Gasteiger partial charge in [-0.2, -0.15) is 5.10 Å². The molecule has 0 radical (unpaired) electrons. The van der Waals surface area contributed by atoms with E-state index in [2.05, 4.69) is 26.5 Å². The van der Waals surface area contributed by atoms with E-state index < -0.39 is 16.8 Å². The van der Waals surface area contributed by atoms with Crippen molar-refractivity contribution >= 4 is 39.7 Å². The smallest absolute Gasteiger partial charge is 0.343 e. The SMILES string of the molecule is Cc1ccccc1C(=O)Oc1ccc(Br)cc1/C=N/NC(=O)COc1ccc([N+](=O)[O-])cc1. The Balaban J connectivity index is 1.60. The number of rotatable bonds is 8. The Morgan fingerprint density at radius 1 is 1.12 bits per heavy atom. The fraction of sp³-hybridized carbons (Fsp3) is 0.0870. The van der Waals surface area contributed by atoms with Gasteiger partial charge < -0.3 is 9.47 Å². The molecule has 0 aromatic heterocycles. The van der Waals surface area contributed by atoms with Gasteiger partial charge in [0.05, 0.1) is 16.7 Å². The number of hydrogen-bond acceptors (Lipinski definition) is 7. The summed E-state index contributed by atoms with van der Waals surface area (Å²) in [5.74, 6) is -0.479. The Bertz CT molecular complexity index is 1210. The van der Waals surface area contributed by atoms with Crippen LogP contribution in [0.15, 0.2) is 76.3 Å². The van der Waals surface area contributed by atoms with Gasteiger partial charge in [-0.15, -0.1) is 0 Å². The van der Waals surface area contributed by atoms with Gasteiger partial charge in [-0.3, -0.25) is 14.9 Å². The Hall–Kier alpha value is -4.05. The van der Waals surface area contributed by atoms with Gasteiger partial charge in [-0.1, -0.05) is 34.1 Å². The van der Waals surface area contributed by atoms with Crippen LogP contribution in [-0.4, -0.2) is 29.6 Å². The highest BCUT2D eigenvalue weighted by Gasteiger charge is 2.13. The number of amides is 1. The summed E-state index contributed by atoms with van der Waals surface area (Å²) in [6, 6.07) is 17.4. The van der Waals surface area contributed by atoms with Crippen molar-refractivity contribution in [1.29, 1.82) is 0 Å². The summed E-state index contributed by atoms with van der Waals surface area (Å²) in [5, 5.41) is 14.5. The number of carbonyl (C=O) groups is 2. The molecule has 10 heteroatoms. The molecule has 9 nitrogen and oxygen atoms in total. The topological polar surface area (TPSA) is 120 Å². The van der Waals surface area contributed by atoms with E-state index in [1.54, 1.807) is 30.3 Å². The minimum atomic E-state index is -0.543. The molecule has 33 heavy (non-hydrogen) atoms. The van der Waals surface area contributed by atoms with Crippen molar-refractivity contribution in [2.45, 2.75) is 6.92 Å². The summed E-state index contributed by atoms with van der Waals surface area (Å²) in [4.78, 5) is 34.6. The molecule has 3 rings (SSSR count). The number of nitrogens with zero attached hydrogens (tertiary/aromatic N) is 2. The average Bonchev–Trinajstić information content (AvgIpc) is 2.80. The number of esters is 1. The summed E-state index contributed by atoms with van der Waals surface area (Å²) < 4.78 is 11.5. The van der Waals surface area contributed by atoms with E-state index in [0.717, 1.165) is 10.0 Å². The highest BCUT2D eigenvalue weighted by Crippen LogP contribution is 2.23. The van der Waals surface area contributed by atoms with E-state index in [1.807, 2.05) is 19.1 Å². The summed E-state index contributed by atoms with van der Waals surface area (Å²) in [6.45, 7) is 1.47. The number of nitro benzene ring substituents is 1. The second-order valence-corrected chi connectivity index (χ2v) is 7.64. The number of nitro groups is 1. The van der Waals surface area contributed by atoms with Crippen LogP contribution in [0.3, 0.4) is 0 Å². The number of hydrazone groups is 1. The van der Waals surface area contributed by atoms with Crippen molar-refractivity contribution in [3.8, 4) is 11.5 Å². The van der Waals surface area contributed by atoms with Gasteiger partial charge in [0.25, 0.3) is 11.6 Å². The molecule has 3 aromatic carbocycles. The maximum absolute atomic E-state index is 12.5. The number of halogens is 1. The fourth-order valence-electron chi connectivity index (χ4n) is 2.69. The molecular formula is C23H18BrN3O6. The number of aryl methyl sites for hydroxylation is 1. The van der Waals surface area contributed by atoms with Crippen LogP contribution in [0.1, 0.15) is 21.5 Å². The highest BCUT2D eigenvalue weighted by atomic mass is 79.9. The second kappa shape index (κ2) is 11.0. The molecule has 0 saturated carbocycles. The van der Waals surface area contributed by atoms with Crippen LogP contribution in [-0.2, 0) is 4.79 Å². The standard InChI is InChI=1S/C23H18BrN3O6/c1-15-4-2-3-5-20(15)23(29)33-21-11-6-17(24)12-16(21)13-25-26-22(28)14-32-19-9-7-18(8-10-19)27(30)31/h2-13H,14H2,1H3,(H,26,28)/b25-13+. The lowest BCUT2D eigenvalue weighted by atomic mass is 10.1. The van der Waals surface area contributed by atoms with Gasteiger partial charge in [0.2, 0.25) is 0 Å². The molecule has 0 unspecified atom stereocenters. The molecule has 0 bridgehead atoms. The van der Waals surface area contributed by atoms with Crippen LogP contribution in [0, 0.1) is 17.0 Å². The molecule has 168 valence electrons. The summed E-state index contributed by atoms with van der Waals surface area (Å²) in [6.07, 6.45) is 1.34. The Kier molecular flexibility index (Phi) is 7.87. The summed E-state index contributed by atoms with van der Waals surface area (Å²) in [7, 11) is 0. The molecule has 0 heterocycles. The van der Waals surface area contributed by atoms with Crippen LogP contribution in [0.2, 0.25) is 0 Å². The first-order chi connectivity index (χ1) is 15.8. The number of benzene rings is 3. The molecule has 0 aliphatic rings. The number of non-ortho nitro benzene ring substituents is 1. The third kappa shape index (κ3) is 6.71. The molecule has 1 N–H and O–H groups in total. The zero-order valence-electron chi connectivity index (χ0n) is 17.4. The monoisotopic (exact) mass is 511 g/mol. The first kappa shape index (κ1) is 23.6. The van der Waals surface area contributed by atoms with Crippen LogP contribution in [0.5, 0.6) is 11.5 Å². The van der Waals surface area contributed by atoms with Crippen LogP contribution < -0.4 is 14.9 Å². The van der Waals surface area contributed by atoms with Gasteiger partial charge in [0.15, 0.2) is 6.61 Å². The summed E-state index contributed by atoms with van der Waals surface area (Å²) >= 11 is 3.35. The van der Waals surface area contributed by atoms with E-state index >= 15 is 0 Å². The van der Waals surface area contributed by atoms with Crippen molar-refractivity contribution in [2.24, 2.45) is 5.10 Å². The second-order valence-electron chi connectivity index (χ2n) is 6.72. The van der Waals surface area contributed by atoms with E-state index in [4.69, 9.17) is 9.47 Å². The van der Waals surface area contributed by atoms with E-state index in [1.165, 1.54) is 30.5 Å². The normalized spacial score (nSPS) is 10.6. The molecule has 0 aliphatic carbocycles. The van der Waals surface area contributed by atoms with Crippen molar-refractivity contribution in [3.05, 3.63) is 98.0 Å². The Labute approximate surface area is 197 Å². The van der Waals surface area contributed by atoms with Crippen molar-refractivity contribution in [3.63, 3.8) is 0 Å². The number of ether oxygens (including phenoxy) is 2. The van der Waals surface area contributed by atoms with Gasteiger partial charge in [-0.05, 0) is 48.9 Å². The molecule has 0 fully saturated rings. The molecular weight excluding hydrogens is 494 g/mol. The quantitative estimate of drug-likeness (QED) is 0.157. The zero-order valence-corrected chi connectivity index (χ0v) is 18.9. The maximum atomic E-state index is 12.5. The van der Waals surface area contributed by atoms with Crippen molar-refractivity contribution < 1.29 is 24.0 Å². The van der Waals surface area contributed by atoms with Crippen LogP contribution >= 0.6 is 15.9 Å². The van der Waals surface area contributed by atoms with Gasteiger partial charge in [0, 0.05) is 22.2 Å². The van der Waals surface area contributed by atoms with Gasteiger partial charge in [-0.25, -0.2) is 10.2 Å². The fourth-order valence-corrected chi connectivity index (χ4v) is 3.07. The minimum absolute atomic E-state index is 0.0793. The number of carbonyl (C=O) groups excluding carboxylic acids is 2. The van der Waals surface area contributed by atoms with Crippen molar-refractivity contribution in [1.82, 2.24) is 5.43 Å². The lowest BCUT2D eigenvalue weighted by Crippen LogP contribution is -2.24. The maximum Gasteiger partial charge on any atom is 0.343 e. The van der Waals surface area contributed by atoms with E-state index in [0.29, 0.717) is 16.9 Å². The third-order valence-electron chi connectivity index (χ3n) is 4.35. The summed E-state index contributed by atoms with van der Waals surface area (Å²) in [5.41, 5.74) is 3.93. The van der Waals surface area contributed by atoms with Crippen LogP contribution in [0.4, 0.5) is 5.69 Å². The largest absolute Gasteiger partial charge is 0.484 e. The molecule has 0 atom stereocenters. The lowest BCUT2D eigenvalue weighted by Gasteiger charge is -2.09. The highest BCUT2D eigenvalue weighted by molar-refractivity contribution is 9.10. The van der Waals surface area contributed by atoms with E-state index in [-0.39, 0.29) is 18.0 Å². The number of hydrogen-bond donors (Lipinski definition) is 1. The molecule has 3 aromatic rings. The minimum Gasteiger partial charge on any atom is -0.484 e. The van der Waals surface area contributed by atoms with Crippen LogP contribution in [0.25, 0.3) is 0 Å². The first-order valence-electron chi connectivity index (χ1n) is 9.60. The average molecular weight is 512 g/mol. The molecule has 1 amide bonds. The predicted octanol–water partition coefficient (Wildman–Crippen LogP) is 4.41. The van der Waals surface area contributed by atoms with Gasteiger partial charge in [0.1, 0.15) is 11.5 Å².